The molecule has 1 atom stereocenters. The molecule has 1 aliphatic rings. The Morgan fingerprint density at radius 1 is 1.31 bits per heavy atom. The molecule has 0 unspecified atom stereocenters. The number of carbonyl (C=O) groups excluding carboxylic acids is 2. The summed E-state index contributed by atoms with van der Waals surface area (Å²) in [4.78, 5) is 27.8. The van der Waals surface area contributed by atoms with Gasteiger partial charge in [0.15, 0.2) is 4.34 Å². The maximum atomic E-state index is 13.0. The van der Waals surface area contributed by atoms with E-state index in [2.05, 4.69) is 32.3 Å². The van der Waals surface area contributed by atoms with Gasteiger partial charge in [-0.3, -0.25) is 14.5 Å². The van der Waals surface area contributed by atoms with Crippen LogP contribution in [0.5, 0.6) is 0 Å². The van der Waals surface area contributed by atoms with E-state index in [0.717, 1.165) is 28.1 Å². The van der Waals surface area contributed by atoms with E-state index >= 15 is 0 Å². The molecule has 2 amide bonds. The van der Waals surface area contributed by atoms with Gasteiger partial charge in [0.05, 0.1) is 16.6 Å². The first kappa shape index (κ1) is 19.9. The zero-order valence-corrected chi connectivity index (χ0v) is 18.1. The maximum Gasteiger partial charge on any atom is 0.244 e. The van der Waals surface area contributed by atoms with Gasteiger partial charge in [-0.05, 0) is 36.9 Å². The van der Waals surface area contributed by atoms with Crippen molar-refractivity contribution in [3.05, 3.63) is 46.7 Å². The number of amides is 2. The summed E-state index contributed by atoms with van der Waals surface area (Å²) in [5.74, 6) is -0.318. The standard InChI is InChI=1S/C19H19N5O2S3/c1-12(17(26)24-11-16(25)21-14-6-2-3-7-15(14)24)28-19-23-22-18(29-19)20-9-8-13-5-4-10-27-13/h2-7,10,12H,8-9,11H2,1H3,(H,20,22)(H,21,25)/t12-/m0/s1. The zero-order valence-electron chi connectivity index (χ0n) is 15.6. The molecular weight excluding hydrogens is 426 g/mol. The van der Waals surface area contributed by atoms with Crippen LogP contribution in [-0.2, 0) is 16.0 Å². The third-order valence-corrected chi connectivity index (χ3v) is 7.29. The largest absolute Gasteiger partial charge is 0.360 e. The van der Waals surface area contributed by atoms with Gasteiger partial charge >= 0.3 is 0 Å². The fourth-order valence-corrected chi connectivity index (χ4v) is 5.62. The number of hydrogen-bond acceptors (Lipinski definition) is 8. The van der Waals surface area contributed by atoms with Crippen molar-refractivity contribution < 1.29 is 9.59 Å². The molecule has 2 aromatic heterocycles. The van der Waals surface area contributed by atoms with E-state index in [1.165, 1.54) is 32.9 Å². The smallest absolute Gasteiger partial charge is 0.244 e. The number of thioether (sulfide) groups is 1. The van der Waals surface area contributed by atoms with E-state index in [1.807, 2.05) is 31.2 Å². The van der Waals surface area contributed by atoms with E-state index in [9.17, 15) is 9.59 Å². The number of carbonyl (C=O) groups is 2. The summed E-state index contributed by atoms with van der Waals surface area (Å²) in [5.41, 5.74) is 1.38. The minimum atomic E-state index is -0.388. The second-order valence-electron chi connectivity index (χ2n) is 6.38. The Morgan fingerprint density at radius 3 is 3.00 bits per heavy atom. The normalized spacial score (nSPS) is 14.2. The van der Waals surface area contributed by atoms with E-state index in [-0.39, 0.29) is 23.6 Å². The number of nitrogens with one attached hydrogen (secondary N) is 2. The number of fused-ring (bicyclic) bond motifs is 1. The highest BCUT2D eigenvalue weighted by atomic mass is 32.2. The lowest BCUT2D eigenvalue weighted by atomic mass is 10.2. The van der Waals surface area contributed by atoms with Gasteiger partial charge in [-0.15, -0.1) is 21.5 Å². The molecule has 0 saturated heterocycles. The SMILES string of the molecule is C[C@H](Sc1nnc(NCCc2cccs2)s1)C(=O)N1CC(=O)Nc2ccccc21. The zero-order chi connectivity index (χ0) is 20.2. The van der Waals surface area contributed by atoms with E-state index < -0.39 is 0 Å². The van der Waals surface area contributed by atoms with Crippen molar-refractivity contribution in [2.75, 3.05) is 28.6 Å². The minimum Gasteiger partial charge on any atom is -0.360 e. The summed E-state index contributed by atoms with van der Waals surface area (Å²) in [5, 5.41) is 16.8. The molecule has 150 valence electrons. The second-order valence-corrected chi connectivity index (χ2v) is 9.98. The monoisotopic (exact) mass is 445 g/mol. The van der Waals surface area contributed by atoms with Crippen molar-refractivity contribution in [2.45, 2.75) is 22.9 Å². The van der Waals surface area contributed by atoms with Crippen LogP contribution in [0.3, 0.4) is 0 Å². The average molecular weight is 446 g/mol. The quantitative estimate of drug-likeness (QED) is 0.539. The molecule has 3 heterocycles. The van der Waals surface area contributed by atoms with E-state index in [1.54, 1.807) is 17.4 Å². The summed E-state index contributed by atoms with van der Waals surface area (Å²) >= 11 is 4.53. The highest BCUT2D eigenvalue weighted by Gasteiger charge is 2.30. The predicted molar refractivity (Wildman–Crippen MR) is 119 cm³/mol. The molecule has 3 aromatic rings. The van der Waals surface area contributed by atoms with Crippen LogP contribution < -0.4 is 15.5 Å². The van der Waals surface area contributed by atoms with Gasteiger partial charge in [-0.2, -0.15) is 0 Å². The third-order valence-electron chi connectivity index (χ3n) is 4.30. The highest BCUT2D eigenvalue weighted by Crippen LogP contribution is 2.33. The topological polar surface area (TPSA) is 87.2 Å². The highest BCUT2D eigenvalue weighted by molar-refractivity contribution is 8.02. The number of aromatic nitrogens is 2. The molecule has 4 rings (SSSR count). The van der Waals surface area contributed by atoms with Crippen LogP contribution in [0, 0.1) is 0 Å². The molecular formula is C19H19N5O2S3. The molecule has 29 heavy (non-hydrogen) atoms. The van der Waals surface area contributed by atoms with E-state index in [0.29, 0.717) is 5.69 Å². The van der Waals surface area contributed by atoms with Crippen LogP contribution in [0.2, 0.25) is 0 Å². The molecule has 0 aliphatic carbocycles. The molecule has 10 heteroatoms. The molecule has 0 bridgehead atoms. The Labute approximate surface area is 180 Å². The molecule has 0 saturated carbocycles. The van der Waals surface area contributed by atoms with Gasteiger partial charge in [-0.25, -0.2) is 0 Å². The Bertz CT molecular complexity index is 1000. The second kappa shape index (κ2) is 8.93. The number of para-hydroxylation sites is 2. The van der Waals surface area contributed by atoms with Crippen LogP contribution in [0.15, 0.2) is 46.1 Å². The summed E-state index contributed by atoms with van der Waals surface area (Å²) in [7, 11) is 0. The Morgan fingerprint density at radius 2 is 2.17 bits per heavy atom. The molecule has 0 radical (unpaired) electrons. The lowest BCUT2D eigenvalue weighted by molar-refractivity contribution is -0.121. The van der Waals surface area contributed by atoms with E-state index in [4.69, 9.17) is 0 Å². The number of benzene rings is 1. The first-order chi connectivity index (χ1) is 14.1. The Kier molecular flexibility index (Phi) is 6.12. The molecule has 7 nitrogen and oxygen atoms in total. The van der Waals surface area contributed by atoms with Crippen LogP contribution in [0.4, 0.5) is 16.5 Å². The van der Waals surface area contributed by atoms with Gasteiger partial charge in [-0.1, -0.05) is 41.3 Å². The summed E-state index contributed by atoms with van der Waals surface area (Å²) in [6.45, 7) is 2.63. The van der Waals surface area contributed by atoms with Crippen molar-refractivity contribution in [1.29, 1.82) is 0 Å². The summed E-state index contributed by atoms with van der Waals surface area (Å²) in [6.07, 6.45) is 0.936. The fourth-order valence-electron chi connectivity index (χ4n) is 2.93. The van der Waals surface area contributed by atoms with Crippen molar-refractivity contribution in [3.63, 3.8) is 0 Å². The minimum absolute atomic E-state index is 0.0202. The first-order valence-corrected chi connectivity index (χ1v) is 11.6. The number of nitrogens with zero attached hydrogens (tertiary/aromatic N) is 3. The van der Waals surface area contributed by atoms with Crippen molar-refractivity contribution in [2.24, 2.45) is 0 Å². The molecule has 2 N–H and O–H groups in total. The third kappa shape index (κ3) is 4.77. The van der Waals surface area contributed by atoms with Gasteiger partial charge in [0.1, 0.15) is 6.54 Å². The lowest BCUT2D eigenvalue weighted by Crippen LogP contribution is -2.45. The number of thiophene rings is 1. The molecule has 0 spiro atoms. The fraction of sp³-hybridized carbons (Fsp3) is 0.263. The first-order valence-electron chi connectivity index (χ1n) is 9.07. The molecule has 1 aliphatic heterocycles. The van der Waals surface area contributed by atoms with Crippen LogP contribution in [0.25, 0.3) is 0 Å². The maximum absolute atomic E-state index is 13.0. The van der Waals surface area contributed by atoms with Crippen LogP contribution in [0.1, 0.15) is 11.8 Å². The number of anilines is 3. The summed E-state index contributed by atoms with van der Waals surface area (Å²) < 4.78 is 0.721. The average Bonchev–Trinajstić information content (AvgIpc) is 3.39. The Hall–Kier alpha value is -2.43. The predicted octanol–water partition coefficient (Wildman–Crippen LogP) is 3.72. The van der Waals surface area contributed by atoms with Crippen LogP contribution >= 0.6 is 34.4 Å². The summed E-state index contributed by atoms with van der Waals surface area (Å²) in [6, 6.07) is 11.5. The van der Waals surface area contributed by atoms with Gasteiger partial charge in [0.2, 0.25) is 16.9 Å². The van der Waals surface area contributed by atoms with Gasteiger partial charge < -0.3 is 10.6 Å². The number of rotatable bonds is 7. The van der Waals surface area contributed by atoms with Crippen molar-refractivity contribution in [1.82, 2.24) is 10.2 Å². The van der Waals surface area contributed by atoms with Gasteiger partial charge in [0, 0.05) is 11.4 Å². The van der Waals surface area contributed by atoms with Crippen molar-refractivity contribution in [3.8, 4) is 0 Å². The Balaban J connectivity index is 1.36. The lowest BCUT2D eigenvalue weighted by Gasteiger charge is -2.30. The van der Waals surface area contributed by atoms with Crippen molar-refractivity contribution >= 4 is 62.8 Å². The molecule has 0 fully saturated rings. The molecule has 1 aromatic carbocycles. The number of hydrogen-bond donors (Lipinski definition) is 2. The van der Waals surface area contributed by atoms with Crippen LogP contribution in [-0.4, -0.2) is 40.4 Å². The van der Waals surface area contributed by atoms with Gasteiger partial charge in [0.25, 0.3) is 0 Å².